The van der Waals surface area contributed by atoms with Crippen LogP contribution in [-0.2, 0) is 0 Å². The number of H-pyrrole nitrogens is 1. The lowest BCUT2D eigenvalue weighted by atomic mass is 10.0. The number of aromatic nitrogens is 3. The van der Waals surface area contributed by atoms with E-state index in [-0.39, 0.29) is 29.1 Å². The zero-order chi connectivity index (χ0) is 19.5. The van der Waals surface area contributed by atoms with Gasteiger partial charge in [0, 0.05) is 35.9 Å². The molecule has 28 heavy (non-hydrogen) atoms. The molecule has 1 unspecified atom stereocenters. The number of amides is 1. The summed E-state index contributed by atoms with van der Waals surface area (Å²) in [5.41, 5.74) is 0.801. The highest BCUT2D eigenvalue weighted by atomic mass is 16.5. The van der Waals surface area contributed by atoms with E-state index in [0.29, 0.717) is 29.6 Å². The molecule has 1 atom stereocenters. The number of fused-ring (bicyclic) bond motifs is 1. The predicted molar refractivity (Wildman–Crippen MR) is 101 cm³/mol. The highest BCUT2D eigenvalue weighted by Crippen LogP contribution is 2.22. The number of likely N-dealkylation sites (tertiary alicyclic amines) is 1. The number of carbonyl (C=O) groups excluding carboxylic acids is 1. The van der Waals surface area contributed by atoms with Gasteiger partial charge in [-0.2, -0.15) is 5.26 Å². The molecule has 0 spiro atoms. The van der Waals surface area contributed by atoms with E-state index < -0.39 is 0 Å². The second-order valence-corrected chi connectivity index (χ2v) is 6.55. The molecule has 0 radical (unpaired) electrons. The Hall–Kier alpha value is -3.73. The maximum absolute atomic E-state index is 13.1. The van der Waals surface area contributed by atoms with Crippen LogP contribution in [-0.4, -0.2) is 45.0 Å². The second-order valence-electron chi connectivity index (χ2n) is 6.55. The first-order chi connectivity index (χ1) is 13.7. The van der Waals surface area contributed by atoms with Crippen molar-refractivity contribution in [2.45, 2.75) is 18.9 Å². The summed E-state index contributed by atoms with van der Waals surface area (Å²) in [5, 5.41) is 9.84. The number of nitrogens with one attached hydrogen (secondary N) is 1. The van der Waals surface area contributed by atoms with Gasteiger partial charge in [-0.1, -0.05) is 18.2 Å². The summed E-state index contributed by atoms with van der Waals surface area (Å²) < 4.78 is 5.85. The number of aromatic amines is 1. The van der Waals surface area contributed by atoms with Crippen molar-refractivity contribution in [1.29, 1.82) is 5.26 Å². The predicted octanol–water partition coefficient (Wildman–Crippen LogP) is 1.87. The topological polar surface area (TPSA) is 112 Å². The molecule has 1 aromatic carbocycles. The molecule has 8 nitrogen and oxygen atoms in total. The number of carbonyl (C=O) groups is 1. The molecule has 1 N–H and O–H groups in total. The molecule has 8 heteroatoms. The summed E-state index contributed by atoms with van der Waals surface area (Å²) in [6.07, 6.45) is 4.08. The first-order valence-corrected chi connectivity index (χ1v) is 8.95. The van der Waals surface area contributed by atoms with Crippen molar-refractivity contribution >= 4 is 16.8 Å². The molecular weight excluding hydrogens is 358 g/mol. The van der Waals surface area contributed by atoms with Crippen molar-refractivity contribution < 1.29 is 9.53 Å². The first kappa shape index (κ1) is 17.7. The maximum Gasteiger partial charge on any atom is 0.254 e. The Kier molecular flexibility index (Phi) is 4.72. The van der Waals surface area contributed by atoms with Crippen LogP contribution in [0.2, 0.25) is 0 Å². The van der Waals surface area contributed by atoms with E-state index in [1.165, 1.54) is 18.5 Å². The van der Waals surface area contributed by atoms with Crippen LogP contribution in [0.15, 0.2) is 47.5 Å². The van der Waals surface area contributed by atoms with Gasteiger partial charge in [-0.3, -0.25) is 9.59 Å². The molecule has 140 valence electrons. The second kappa shape index (κ2) is 7.48. The van der Waals surface area contributed by atoms with Crippen molar-refractivity contribution in [2.24, 2.45) is 0 Å². The van der Waals surface area contributed by atoms with Crippen molar-refractivity contribution in [3.63, 3.8) is 0 Å². The number of para-hydroxylation sites is 1. The highest BCUT2D eigenvalue weighted by Gasteiger charge is 2.27. The average molecular weight is 375 g/mol. The number of ether oxygens (including phenoxy) is 1. The van der Waals surface area contributed by atoms with Crippen molar-refractivity contribution in [3.05, 3.63) is 64.3 Å². The molecule has 0 saturated carbocycles. The van der Waals surface area contributed by atoms with Crippen molar-refractivity contribution in [1.82, 2.24) is 19.9 Å². The van der Waals surface area contributed by atoms with E-state index in [0.717, 1.165) is 12.8 Å². The molecule has 0 bridgehead atoms. The van der Waals surface area contributed by atoms with Gasteiger partial charge in [-0.05, 0) is 18.9 Å². The lowest BCUT2D eigenvalue weighted by Gasteiger charge is -2.32. The third kappa shape index (κ3) is 3.42. The number of piperidine rings is 1. The fourth-order valence-electron chi connectivity index (χ4n) is 3.42. The van der Waals surface area contributed by atoms with Crippen LogP contribution in [0.25, 0.3) is 10.9 Å². The van der Waals surface area contributed by atoms with Crippen LogP contribution in [0.5, 0.6) is 5.88 Å². The van der Waals surface area contributed by atoms with E-state index in [2.05, 4.69) is 15.0 Å². The van der Waals surface area contributed by atoms with Crippen molar-refractivity contribution in [2.75, 3.05) is 13.1 Å². The SMILES string of the molecule is N#Cc1nccnc1OC1CCCN(C(=O)c2cc(=O)[nH]c3ccccc23)C1. The van der Waals surface area contributed by atoms with Gasteiger partial charge in [0.1, 0.15) is 12.2 Å². The Morgan fingerprint density at radius 3 is 2.96 bits per heavy atom. The lowest BCUT2D eigenvalue weighted by molar-refractivity contribution is 0.0527. The van der Waals surface area contributed by atoms with Crippen LogP contribution in [0, 0.1) is 11.3 Å². The fraction of sp³-hybridized carbons (Fsp3) is 0.250. The summed E-state index contributed by atoms with van der Waals surface area (Å²) in [6.45, 7) is 0.923. The Morgan fingerprint density at radius 2 is 2.11 bits per heavy atom. The van der Waals surface area contributed by atoms with Crippen LogP contribution in [0.3, 0.4) is 0 Å². The molecule has 3 aromatic rings. The Labute approximate surface area is 160 Å². The van der Waals surface area contributed by atoms with E-state index in [4.69, 9.17) is 10.00 Å². The molecule has 4 rings (SSSR count). The van der Waals surface area contributed by atoms with Crippen LogP contribution in [0.4, 0.5) is 0 Å². The first-order valence-electron chi connectivity index (χ1n) is 8.95. The number of pyridine rings is 1. The molecule has 1 aliphatic heterocycles. The highest BCUT2D eigenvalue weighted by molar-refractivity contribution is 6.06. The number of nitrogens with zero attached hydrogens (tertiary/aromatic N) is 4. The molecular formula is C20H17N5O3. The lowest BCUT2D eigenvalue weighted by Crippen LogP contribution is -2.44. The average Bonchev–Trinajstić information content (AvgIpc) is 2.73. The summed E-state index contributed by atoms with van der Waals surface area (Å²) in [6, 6.07) is 10.5. The number of benzene rings is 1. The Morgan fingerprint density at radius 1 is 1.29 bits per heavy atom. The summed E-state index contributed by atoms with van der Waals surface area (Å²) >= 11 is 0. The molecule has 2 aromatic heterocycles. The van der Waals surface area contributed by atoms with Crippen LogP contribution in [0.1, 0.15) is 28.9 Å². The quantitative estimate of drug-likeness (QED) is 0.748. The minimum atomic E-state index is -0.315. The van der Waals surface area contributed by atoms with E-state index >= 15 is 0 Å². The Balaban J connectivity index is 1.58. The monoisotopic (exact) mass is 375 g/mol. The molecule has 1 saturated heterocycles. The van der Waals surface area contributed by atoms with Crippen LogP contribution < -0.4 is 10.3 Å². The summed E-state index contributed by atoms with van der Waals surface area (Å²) in [5.74, 6) is -0.0406. The largest absolute Gasteiger partial charge is 0.470 e. The van der Waals surface area contributed by atoms with Gasteiger partial charge < -0.3 is 14.6 Å². The van der Waals surface area contributed by atoms with Gasteiger partial charge in [0.15, 0.2) is 0 Å². The van der Waals surface area contributed by atoms with E-state index in [9.17, 15) is 9.59 Å². The van der Waals surface area contributed by atoms with Gasteiger partial charge >= 0.3 is 0 Å². The van der Waals surface area contributed by atoms with E-state index in [1.54, 1.807) is 11.0 Å². The van der Waals surface area contributed by atoms with E-state index in [1.807, 2.05) is 24.3 Å². The third-order valence-electron chi connectivity index (χ3n) is 4.70. The van der Waals surface area contributed by atoms with Gasteiger partial charge in [0.25, 0.3) is 11.8 Å². The third-order valence-corrected chi connectivity index (χ3v) is 4.70. The minimum Gasteiger partial charge on any atom is -0.470 e. The zero-order valence-corrected chi connectivity index (χ0v) is 15.0. The maximum atomic E-state index is 13.1. The van der Waals surface area contributed by atoms with Gasteiger partial charge in [-0.15, -0.1) is 0 Å². The number of rotatable bonds is 3. The molecule has 1 amide bonds. The number of hydrogen-bond acceptors (Lipinski definition) is 6. The minimum absolute atomic E-state index is 0.117. The summed E-state index contributed by atoms with van der Waals surface area (Å²) in [7, 11) is 0. The zero-order valence-electron chi connectivity index (χ0n) is 15.0. The van der Waals surface area contributed by atoms with Gasteiger partial charge in [0.2, 0.25) is 11.3 Å². The van der Waals surface area contributed by atoms with Crippen molar-refractivity contribution in [3.8, 4) is 11.9 Å². The smallest absolute Gasteiger partial charge is 0.254 e. The molecule has 3 heterocycles. The summed E-state index contributed by atoms with van der Waals surface area (Å²) in [4.78, 5) is 37.5. The fourth-order valence-corrected chi connectivity index (χ4v) is 3.42. The van der Waals surface area contributed by atoms with Gasteiger partial charge in [-0.25, -0.2) is 9.97 Å². The Bertz CT molecular complexity index is 1130. The standard InChI is InChI=1S/C20H17N5O3/c21-11-17-19(23-8-7-22-17)28-13-4-3-9-25(12-13)20(27)15-10-18(26)24-16-6-2-1-5-14(15)16/h1-2,5-8,10,13H,3-4,9,12H2,(H,24,26). The molecule has 1 fully saturated rings. The number of hydrogen-bond donors (Lipinski definition) is 1. The molecule has 0 aliphatic carbocycles. The number of nitriles is 1. The van der Waals surface area contributed by atoms with Crippen LogP contribution >= 0.6 is 0 Å². The molecule has 1 aliphatic rings. The van der Waals surface area contributed by atoms with Gasteiger partial charge in [0.05, 0.1) is 12.1 Å². The normalized spacial score (nSPS) is 16.5.